The van der Waals surface area contributed by atoms with Gasteiger partial charge in [-0.3, -0.25) is 9.52 Å². The fourth-order valence-corrected chi connectivity index (χ4v) is 4.69. The van der Waals surface area contributed by atoms with Crippen molar-refractivity contribution in [2.75, 3.05) is 10.0 Å². The normalized spacial score (nSPS) is 14.5. The molecule has 5 rings (SSSR count). The molecule has 0 atom stereocenters. The molecule has 11 heteroatoms. The van der Waals surface area contributed by atoms with E-state index < -0.39 is 15.4 Å². The molecule has 1 aliphatic carbocycles. The Labute approximate surface area is 195 Å². The number of amides is 1. The number of anilines is 2. The second-order valence-electron chi connectivity index (χ2n) is 8.16. The van der Waals surface area contributed by atoms with Crippen LogP contribution in [0.5, 0.6) is 0 Å². The lowest BCUT2D eigenvalue weighted by Crippen LogP contribution is -2.28. The van der Waals surface area contributed by atoms with E-state index >= 15 is 0 Å². The molecule has 0 aliphatic heterocycles. The number of rotatable bonds is 7. The third-order valence-corrected chi connectivity index (χ3v) is 6.95. The molecule has 0 unspecified atom stereocenters. The van der Waals surface area contributed by atoms with Gasteiger partial charge in [0.05, 0.1) is 22.3 Å². The standard InChI is InChI=1S/C23H21N5O5S/c1-14-12-21(25-15(2)24-14)28-34(30,31)17-7-5-16(6-8-17)26-22(29)23(9-10-23)20-13-19(33-27-20)18-4-3-11-32-18/h3-8,11-13H,9-10H2,1-2H3,(H,26,29)(H,24,25,28). The Balaban J connectivity index is 1.29. The Hall–Kier alpha value is -3.99. The van der Waals surface area contributed by atoms with E-state index in [-0.39, 0.29) is 16.6 Å². The third kappa shape index (κ3) is 4.17. The quantitative estimate of drug-likeness (QED) is 0.408. The monoisotopic (exact) mass is 479 g/mol. The molecule has 174 valence electrons. The molecule has 3 heterocycles. The molecule has 1 fully saturated rings. The van der Waals surface area contributed by atoms with Gasteiger partial charge in [0.25, 0.3) is 10.0 Å². The van der Waals surface area contributed by atoms with Crippen LogP contribution in [0.25, 0.3) is 11.5 Å². The minimum atomic E-state index is -3.85. The summed E-state index contributed by atoms with van der Waals surface area (Å²) in [5.41, 5.74) is 0.887. The van der Waals surface area contributed by atoms with E-state index in [1.807, 2.05) is 0 Å². The van der Waals surface area contributed by atoms with Crippen LogP contribution in [0.4, 0.5) is 11.5 Å². The molecule has 0 radical (unpaired) electrons. The van der Waals surface area contributed by atoms with Crippen molar-refractivity contribution in [1.29, 1.82) is 0 Å². The van der Waals surface area contributed by atoms with Crippen molar-refractivity contribution < 1.29 is 22.2 Å². The summed E-state index contributed by atoms with van der Waals surface area (Å²) in [7, 11) is -3.85. The van der Waals surface area contributed by atoms with Crippen LogP contribution in [-0.4, -0.2) is 29.4 Å². The van der Waals surface area contributed by atoms with Crippen LogP contribution in [0.3, 0.4) is 0 Å². The highest BCUT2D eigenvalue weighted by molar-refractivity contribution is 7.92. The molecular formula is C23H21N5O5S. The maximum Gasteiger partial charge on any atom is 0.263 e. The van der Waals surface area contributed by atoms with E-state index in [0.717, 1.165) is 0 Å². The van der Waals surface area contributed by atoms with Gasteiger partial charge in [-0.05, 0) is 63.1 Å². The average Bonchev–Trinajstić information content (AvgIpc) is 3.18. The number of nitrogens with one attached hydrogen (secondary N) is 2. The number of carbonyl (C=O) groups is 1. The van der Waals surface area contributed by atoms with E-state index in [2.05, 4.69) is 25.2 Å². The van der Waals surface area contributed by atoms with E-state index in [1.165, 1.54) is 30.5 Å². The van der Waals surface area contributed by atoms with Crippen LogP contribution in [0.2, 0.25) is 0 Å². The second-order valence-corrected chi connectivity index (χ2v) is 9.84. The summed E-state index contributed by atoms with van der Waals surface area (Å²) in [6, 6.07) is 12.7. The van der Waals surface area contributed by atoms with Crippen molar-refractivity contribution in [3.05, 3.63) is 72.0 Å². The predicted octanol–water partition coefficient (Wildman–Crippen LogP) is 3.81. The van der Waals surface area contributed by atoms with Crippen molar-refractivity contribution in [3.63, 3.8) is 0 Å². The van der Waals surface area contributed by atoms with E-state index in [9.17, 15) is 13.2 Å². The fraction of sp³-hybridized carbons (Fsp3) is 0.217. The first-order chi connectivity index (χ1) is 16.2. The highest BCUT2D eigenvalue weighted by Gasteiger charge is 2.54. The Kier molecular flexibility index (Phi) is 5.20. The van der Waals surface area contributed by atoms with E-state index in [4.69, 9.17) is 8.94 Å². The Morgan fingerprint density at radius 2 is 1.79 bits per heavy atom. The summed E-state index contributed by atoms with van der Waals surface area (Å²) in [5.74, 6) is 1.42. The lowest BCUT2D eigenvalue weighted by Gasteiger charge is -2.13. The van der Waals surface area contributed by atoms with Crippen molar-refractivity contribution in [1.82, 2.24) is 15.1 Å². The van der Waals surface area contributed by atoms with Crippen LogP contribution in [-0.2, 0) is 20.2 Å². The van der Waals surface area contributed by atoms with Crippen LogP contribution in [0.1, 0.15) is 30.1 Å². The maximum atomic E-state index is 13.0. The van der Waals surface area contributed by atoms with Crippen LogP contribution in [0.15, 0.2) is 68.6 Å². The van der Waals surface area contributed by atoms with E-state index in [1.54, 1.807) is 38.1 Å². The number of hydrogen-bond acceptors (Lipinski definition) is 8. The van der Waals surface area contributed by atoms with Gasteiger partial charge in [-0.2, -0.15) is 0 Å². The minimum Gasteiger partial charge on any atom is -0.461 e. The number of sulfonamides is 1. The highest BCUT2D eigenvalue weighted by atomic mass is 32.2. The summed E-state index contributed by atoms with van der Waals surface area (Å²) in [6.45, 7) is 3.44. The maximum absolute atomic E-state index is 13.0. The number of aromatic nitrogens is 3. The van der Waals surface area contributed by atoms with Gasteiger partial charge in [-0.1, -0.05) is 5.16 Å². The lowest BCUT2D eigenvalue weighted by molar-refractivity contribution is -0.118. The number of benzene rings is 1. The fourth-order valence-electron chi connectivity index (χ4n) is 3.69. The van der Waals surface area contributed by atoms with Crippen molar-refractivity contribution in [2.24, 2.45) is 0 Å². The molecule has 2 N–H and O–H groups in total. The predicted molar refractivity (Wildman–Crippen MR) is 123 cm³/mol. The molecule has 10 nitrogen and oxygen atoms in total. The smallest absolute Gasteiger partial charge is 0.263 e. The van der Waals surface area contributed by atoms with Crippen LogP contribution < -0.4 is 10.0 Å². The number of aryl methyl sites for hydroxylation is 2. The Morgan fingerprint density at radius 3 is 2.44 bits per heavy atom. The summed E-state index contributed by atoms with van der Waals surface area (Å²) in [6.07, 6.45) is 2.81. The van der Waals surface area contributed by atoms with Crippen LogP contribution in [0, 0.1) is 13.8 Å². The van der Waals surface area contributed by atoms with Crippen molar-refractivity contribution in [3.8, 4) is 11.5 Å². The topological polar surface area (TPSA) is 140 Å². The molecule has 1 amide bonds. The van der Waals surface area contributed by atoms with Gasteiger partial charge in [-0.15, -0.1) is 0 Å². The van der Waals surface area contributed by atoms with Gasteiger partial charge in [-0.25, -0.2) is 18.4 Å². The summed E-state index contributed by atoms with van der Waals surface area (Å²) in [4.78, 5) is 21.3. The highest BCUT2D eigenvalue weighted by Crippen LogP contribution is 2.49. The Morgan fingerprint density at radius 1 is 1.03 bits per heavy atom. The second kappa shape index (κ2) is 8.10. The Bertz CT molecular complexity index is 1440. The minimum absolute atomic E-state index is 0.0418. The number of hydrogen-bond donors (Lipinski definition) is 2. The van der Waals surface area contributed by atoms with Gasteiger partial charge in [0, 0.05) is 23.5 Å². The molecule has 0 saturated heterocycles. The first kappa shape index (κ1) is 21.8. The molecule has 1 aromatic carbocycles. The summed E-state index contributed by atoms with van der Waals surface area (Å²) < 4.78 is 38.6. The van der Waals surface area contributed by atoms with Crippen LogP contribution >= 0.6 is 0 Å². The molecular weight excluding hydrogens is 458 g/mol. The average molecular weight is 480 g/mol. The van der Waals surface area contributed by atoms with Crippen molar-refractivity contribution >= 4 is 27.4 Å². The van der Waals surface area contributed by atoms with Crippen molar-refractivity contribution in [2.45, 2.75) is 37.0 Å². The number of furan rings is 1. The first-order valence-corrected chi connectivity index (χ1v) is 12.0. The number of nitrogens with zero attached hydrogens (tertiary/aromatic N) is 3. The van der Waals surface area contributed by atoms with E-state index in [0.29, 0.717) is 47.3 Å². The summed E-state index contributed by atoms with van der Waals surface area (Å²) in [5, 5.41) is 6.92. The number of carbonyl (C=O) groups excluding carboxylic acids is 1. The van der Waals surface area contributed by atoms with Gasteiger partial charge < -0.3 is 14.3 Å². The molecule has 34 heavy (non-hydrogen) atoms. The zero-order valence-electron chi connectivity index (χ0n) is 18.4. The molecule has 3 aromatic heterocycles. The molecule has 1 saturated carbocycles. The molecule has 1 aliphatic rings. The largest absolute Gasteiger partial charge is 0.461 e. The SMILES string of the molecule is Cc1cc(NS(=O)(=O)c2ccc(NC(=O)C3(c4cc(-c5ccco5)on4)CC3)cc2)nc(C)n1. The lowest BCUT2D eigenvalue weighted by atomic mass is 10.0. The van der Waals surface area contributed by atoms with Gasteiger partial charge in [0.15, 0.2) is 5.76 Å². The summed E-state index contributed by atoms with van der Waals surface area (Å²) >= 11 is 0. The third-order valence-electron chi connectivity index (χ3n) is 5.58. The van der Waals surface area contributed by atoms with Gasteiger partial charge >= 0.3 is 0 Å². The molecule has 0 bridgehead atoms. The first-order valence-electron chi connectivity index (χ1n) is 10.5. The zero-order chi connectivity index (χ0) is 23.9. The zero-order valence-corrected chi connectivity index (χ0v) is 19.2. The van der Waals surface area contributed by atoms with Gasteiger partial charge in [0.1, 0.15) is 11.6 Å². The molecule has 0 spiro atoms. The molecule has 4 aromatic rings. The van der Waals surface area contributed by atoms with Gasteiger partial charge in [0.2, 0.25) is 11.7 Å².